The minimum Gasteiger partial charge on any atom is -0.467 e. The molecule has 1 atom stereocenters. The maximum atomic E-state index is 12.3. The lowest BCUT2D eigenvalue weighted by Gasteiger charge is -2.17. The van der Waals surface area contributed by atoms with Gasteiger partial charge in [-0.2, -0.15) is 9.97 Å². The highest BCUT2D eigenvalue weighted by Crippen LogP contribution is 2.20. The minimum absolute atomic E-state index is 0.111. The predicted octanol–water partition coefficient (Wildman–Crippen LogP) is 0.800. The van der Waals surface area contributed by atoms with Crippen LogP contribution in [0.15, 0.2) is 23.1 Å². The molecule has 0 aliphatic heterocycles. The number of aromatic nitrogens is 3. The van der Waals surface area contributed by atoms with Gasteiger partial charge in [-0.15, -0.1) is 4.98 Å². The number of hydrogen-bond donors (Lipinski definition) is 2. The van der Waals surface area contributed by atoms with Crippen LogP contribution in [-0.2, 0) is 10.0 Å². The molecule has 2 amide bonds. The molecular formula is C13H15N5O5S2. The van der Waals surface area contributed by atoms with Gasteiger partial charge in [0.1, 0.15) is 4.91 Å². The van der Waals surface area contributed by atoms with Crippen LogP contribution in [-0.4, -0.2) is 48.5 Å². The van der Waals surface area contributed by atoms with Gasteiger partial charge in [0, 0.05) is 10.8 Å². The molecule has 1 aliphatic carbocycles. The number of nitrogens with one attached hydrogen (secondary N) is 2. The summed E-state index contributed by atoms with van der Waals surface area (Å²) in [5.41, 5.74) is 0. The van der Waals surface area contributed by atoms with E-state index in [1.165, 1.54) is 20.3 Å². The molecule has 1 aliphatic rings. The van der Waals surface area contributed by atoms with Gasteiger partial charge in [-0.1, -0.05) is 31.3 Å². The molecule has 1 aromatic heterocycles. The highest BCUT2D eigenvalue weighted by atomic mass is 32.2. The number of sulfonamides is 1. The van der Waals surface area contributed by atoms with E-state index in [1.807, 2.05) is 4.72 Å². The predicted molar refractivity (Wildman–Crippen MR) is 93.0 cm³/mol. The number of ether oxygens (including phenoxy) is 2. The van der Waals surface area contributed by atoms with Gasteiger partial charge in [0.25, 0.3) is 10.0 Å². The van der Waals surface area contributed by atoms with Crippen LogP contribution in [0, 0.1) is 5.92 Å². The Morgan fingerprint density at radius 2 is 1.80 bits per heavy atom. The molecule has 0 saturated heterocycles. The van der Waals surface area contributed by atoms with Crippen LogP contribution >= 0.6 is 12.2 Å². The fraction of sp³-hybridized carbons (Fsp3) is 0.308. The third-order valence-electron chi connectivity index (χ3n) is 3.01. The summed E-state index contributed by atoms with van der Waals surface area (Å²) in [6.07, 6.45) is 4.65. The molecule has 12 heteroatoms. The molecule has 1 aromatic rings. The van der Waals surface area contributed by atoms with Crippen molar-refractivity contribution >= 4 is 39.1 Å². The van der Waals surface area contributed by atoms with Crippen LogP contribution in [0.3, 0.4) is 0 Å². The van der Waals surface area contributed by atoms with E-state index in [9.17, 15) is 13.2 Å². The van der Waals surface area contributed by atoms with Gasteiger partial charge in [-0.05, 0) is 6.08 Å². The van der Waals surface area contributed by atoms with Crippen molar-refractivity contribution in [2.45, 2.75) is 6.92 Å². The number of amides is 2. The number of anilines is 1. The number of carbonyl (C=O) groups excluding carboxylic acids is 1. The van der Waals surface area contributed by atoms with Gasteiger partial charge in [0.15, 0.2) is 0 Å². The molecular weight excluding hydrogens is 370 g/mol. The number of allylic oxidation sites excluding steroid dienone is 4. The summed E-state index contributed by atoms with van der Waals surface area (Å²) < 4.78 is 36.2. The first-order valence-corrected chi connectivity index (χ1v) is 8.76. The molecule has 1 unspecified atom stereocenters. The number of rotatable bonds is 5. The van der Waals surface area contributed by atoms with Crippen molar-refractivity contribution in [1.82, 2.24) is 19.7 Å². The van der Waals surface area contributed by atoms with Crippen LogP contribution < -0.4 is 19.5 Å². The van der Waals surface area contributed by atoms with Crippen molar-refractivity contribution in [1.29, 1.82) is 0 Å². The first-order chi connectivity index (χ1) is 11.8. The summed E-state index contributed by atoms with van der Waals surface area (Å²) >= 11 is 5.11. The Morgan fingerprint density at radius 3 is 2.36 bits per heavy atom. The van der Waals surface area contributed by atoms with Gasteiger partial charge < -0.3 is 9.47 Å². The zero-order valence-corrected chi connectivity index (χ0v) is 15.1. The fourth-order valence-electron chi connectivity index (χ4n) is 1.81. The van der Waals surface area contributed by atoms with E-state index in [2.05, 4.69) is 20.3 Å². The molecule has 134 valence electrons. The van der Waals surface area contributed by atoms with Gasteiger partial charge in [-0.25, -0.2) is 17.9 Å². The summed E-state index contributed by atoms with van der Waals surface area (Å²) in [6, 6.07) is -1.29. The van der Waals surface area contributed by atoms with Crippen LogP contribution in [0.25, 0.3) is 0 Å². The molecule has 0 bridgehead atoms. The normalized spacial score (nSPS) is 16.8. The number of methoxy groups -OCH3 is 2. The van der Waals surface area contributed by atoms with Crippen molar-refractivity contribution < 1.29 is 22.7 Å². The van der Waals surface area contributed by atoms with E-state index >= 15 is 0 Å². The maximum absolute atomic E-state index is 12.3. The molecule has 0 saturated carbocycles. The second-order valence-electron chi connectivity index (χ2n) is 4.76. The quantitative estimate of drug-likeness (QED) is 0.706. The maximum Gasteiger partial charge on any atom is 0.335 e. The molecule has 10 nitrogen and oxygen atoms in total. The van der Waals surface area contributed by atoms with Crippen LogP contribution in [0.4, 0.5) is 10.7 Å². The second kappa shape index (κ2) is 7.53. The highest BCUT2D eigenvalue weighted by Gasteiger charge is 2.27. The molecule has 0 aromatic carbocycles. The number of urea groups is 1. The zero-order valence-electron chi connectivity index (χ0n) is 13.5. The standard InChI is InChI=1S/C13H15N5O5S2/c1-7-5-4-6-8(9(7)24)25(20,21)18-11(19)14-10-15-12(22-2)17-13(16-10)23-3/h4-7H,1-3H3,(H2,14,15,16,17,18,19). The molecule has 0 spiro atoms. The smallest absolute Gasteiger partial charge is 0.335 e. The Balaban J connectivity index is 2.16. The molecule has 0 radical (unpaired) electrons. The summed E-state index contributed by atoms with van der Waals surface area (Å²) in [7, 11) is -1.52. The average molecular weight is 385 g/mol. The molecule has 1 heterocycles. The summed E-state index contributed by atoms with van der Waals surface area (Å²) in [6.45, 7) is 1.75. The SMILES string of the molecule is COc1nc(NC(=O)NS(=O)(=O)C2=CC=CC(C)C2=S)nc(OC)n1. The first kappa shape index (κ1) is 18.7. The van der Waals surface area contributed by atoms with Crippen LogP contribution in [0.5, 0.6) is 12.0 Å². The largest absolute Gasteiger partial charge is 0.467 e. The Morgan fingerprint density at radius 1 is 1.20 bits per heavy atom. The Kier molecular flexibility index (Phi) is 5.64. The number of thiocarbonyl (C=S) groups is 1. The van der Waals surface area contributed by atoms with E-state index in [4.69, 9.17) is 21.7 Å². The van der Waals surface area contributed by atoms with Crippen molar-refractivity contribution in [2.24, 2.45) is 5.92 Å². The minimum atomic E-state index is -4.14. The van der Waals surface area contributed by atoms with Gasteiger partial charge in [-0.3, -0.25) is 5.32 Å². The highest BCUT2D eigenvalue weighted by molar-refractivity contribution is 7.97. The molecule has 25 heavy (non-hydrogen) atoms. The molecule has 2 N–H and O–H groups in total. The second-order valence-corrected chi connectivity index (χ2v) is 6.85. The van der Waals surface area contributed by atoms with Crippen molar-refractivity contribution in [3.8, 4) is 12.0 Å². The fourth-order valence-corrected chi connectivity index (χ4v) is 3.40. The van der Waals surface area contributed by atoms with E-state index in [1.54, 1.807) is 19.1 Å². The van der Waals surface area contributed by atoms with Gasteiger partial charge in [0.2, 0.25) is 5.95 Å². The number of nitrogens with zero attached hydrogens (tertiary/aromatic N) is 3. The number of hydrogen-bond acceptors (Lipinski definition) is 9. The molecule has 2 rings (SSSR count). The first-order valence-electron chi connectivity index (χ1n) is 6.87. The number of carbonyl (C=O) groups is 1. The van der Waals surface area contributed by atoms with Crippen LogP contribution in [0.1, 0.15) is 6.92 Å². The lowest BCUT2D eigenvalue weighted by molar-refractivity contribution is 0.256. The Bertz CT molecular complexity index is 843. The van der Waals surface area contributed by atoms with E-state index in [0.29, 0.717) is 0 Å². The van der Waals surface area contributed by atoms with Gasteiger partial charge >= 0.3 is 18.1 Å². The van der Waals surface area contributed by atoms with E-state index in [-0.39, 0.29) is 33.7 Å². The lowest BCUT2D eigenvalue weighted by Crippen LogP contribution is -2.38. The van der Waals surface area contributed by atoms with Crippen molar-refractivity contribution in [3.05, 3.63) is 23.1 Å². The summed E-state index contributed by atoms with van der Waals surface area (Å²) in [5, 5.41) is 2.17. The average Bonchev–Trinajstić information content (AvgIpc) is 2.56. The van der Waals surface area contributed by atoms with Crippen molar-refractivity contribution in [2.75, 3.05) is 19.5 Å². The van der Waals surface area contributed by atoms with E-state index < -0.39 is 16.1 Å². The van der Waals surface area contributed by atoms with E-state index in [0.717, 1.165) is 0 Å². The zero-order chi connectivity index (χ0) is 18.6. The third-order valence-corrected chi connectivity index (χ3v) is 5.12. The summed E-state index contributed by atoms with van der Waals surface area (Å²) in [4.78, 5) is 23.3. The Labute approximate surface area is 149 Å². The topological polar surface area (TPSA) is 132 Å². The van der Waals surface area contributed by atoms with Gasteiger partial charge in [0.05, 0.1) is 14.2 Å². The monoisotopic (exact) mass is 385 g/mol. The lowest BCUT2D eigenvalue weighted by atomic mass is 10.0. The Hall–Kier alpha value is -2.60. The van der Waals surface area contributed by atoms with Crippen molar-refractivity contribution in [3.63, 3.8) is 0 Å². The summed E-state index contributed by atoms with van der Waals surface area (Å²) in [5.74, 6) is -0.475. The van der Waals surface area contributed by atoms with Crippen LogP contribution in [0.2, 0.25) is 0 Å². The molecule has 0 fully saturated rings. The third kappa shape index (κ3) is 4.48.